The summed E-state index contributed by atoms with van der Waals surface area (Å²) in [5.74, 6) is 0. The number of hydrogen-bond acceptors (Lipinski definition) is 2. The van der Waals surface area contributed by atoms with E-state index in [2.05, 4.69) is 51.7 Å². The van der Waals surface area contributed by atoms with Gasteiger partial charge in [0.05, 0.1) is 6.10 Å². The Morgan fingerprint density at radius 3 is 2.11 bits per heavy atom. The molecule has 1 rings (SSSR count). The van der Waals surface area contributed by atoms with Crippen molar-refractivity contribution in [3.05, 3.63) is 35.4 Å². The first-order valence-electron chi connectivity index (χ1n) is 7.01. The summed E-state index contributed by atoms with van der Waals surface area (Å²) >= 11 is 0. The maximum Gasteiger partial charge on any atom is 0.0942 e. The molecule has 0 aromatic heterocycles. The van der Waals surface area contributed by atoms with Crippen LogP contribution in [-0.2, 0) is 0 Å². The SMILES string of the molecule is CCC(C)N(CC)C(C)C(O)c1ccc(C)cc1. The number of likely N-dealkylation sites (N-methyl/N-ethyl adjacent to an activating group) is 1. The van der Waals surface area contributed by atoms with Crippen LogP contribution in [0.25, 0.3) is 0 Å². The van der Waals surface area contributed by atoms with E-state index in [1.54, 1.807) is 0 Å². The van der Waals surface area contributed by atoms with Crippen molar-refractivity contribution >= 4 is 0 Å². The summed E-state index contributed by atoms with van der Waals surface area (Å²) in [6.45, 7) is 11.7. The minimum absolute atomic E-state index is 0.146. The van der Waals surface area contributed by atoms with Gasteiger partial charge >= 0.3 is 0 Å². The van der Waals surface area contributed by atoms with Crippen LogP contribution in [0.15, 0.2) is 24.3 Å². The van der Waals surface area contributed by atoms with Crippen molar-refractivity contribution in [3.8, 4) is 0 Å². The molecule has 0 fully saturated rings. The van der Waals surface area contributed by atoms with Gasteiger partial charge in [-0.2, -0.15) is 0 Å². The fraction of sp³-hybridized carbons (Fsp3) is 0.625. The smallest absolute Gasteiger partial charge is 0.0942 e. The number of hydrogen-bond donors (Lipinski definition) is 1. The van der Waals surface area contributed by atoms with Crippen molar-refractivity contribution in [2.24, 2.45) is 0 Å². The van der Waals surface area contributed by atoms with E-state index in [-0.39, 0.29) is 6.04 Å². The molecule has 0 aliphatic rings. The van der Waals surface area contributed by atoms with Crippen LogP contribution in [0.3, 0.4) is 0 Å². The van der Waals surface area contributed by atoms with Gasteiger partial charge in [-0.05, 0) is 39.3 Å². The number of rotatable bonds is 6. The second-order valence-corrected chi connectivity index (χ2v) is 5.18. The molecule has 1 N–H and O–H groups in total. The van der Waals surface area contributed by atoms with Gasteiger partial charge in [-0.25, -0.2) is 0 Å². The van der Waals surface area contributed by atoms with Crippen LogP contribution in [0.5, 0.6) is 0 Å². The lowest BCUT2D eigenvalue weighted by molar-refractivity contribution is 0.0384. The van der Waals surface area contributed by atoms with E-state index in [9.17, 15) is 5.11 Å². The first-order valence-corrected chi connectivity index (χ1v) is 7.01. The molecule has 0 heterocycles. The second kappa shape index (κ2) is 6.91. The quantitative estimate of drug-likeness (QED) is 0.833. The van der Waals surface area contributed by atoms with E-state index in [1.165, 1.54) is 5.56 Å². The minimum Gasteiger partial charge on any atom is -0.387 e. The molecular weight excluding hydrogens is 222 g/mol. The number of aliphatic hydroxyl groups excluding tert-OH is 1. The van der Waals surface area contributed by atoms with Gasteiger partial charge in [0.25, 0.3) is 0 Å². The predicted octanol–water partition coefficient (Wildman–Crippen LogP) is 3.54. The maximum absolute atomic E-state index is 10.5. The first kappa shape index (κ1) is 15.2. The molecule has 2 heteroatoms. The maximum atomic E-state index is 10.5. The van der Waals surface area contributed by atoms with Crippen molar-refractivity contribution in [3.63, 3.8) is 0 Å². The summed E-state index contributed by atoms with van der Waals surface area (Å²) in [4.78, 5) is 2.37. The summed E-state index contributed by atoms with van der Waals surface area (Å²) in [5, 5.41) is 10.5. The van der Waals surface area contributed by atoms with E-state index in [0.717, 1.165) is 18.5 Å². The zero-order valence-corrected chi connectivity index (χ0v) is 12.4. The topological polar surface area (TPSA) is 23.5 Å². The molecule has 0 saturated heterocycles. The molecule has 18 heavy (non-hydrogen) atoms. The van der Waals surface area contributed by atoms with Gasteiger partial charge in [0.2, 0.25) is 0 Å². The van der Waals surface area contributed by atoms with E-state index >= 15 is 0 Å². The van der Waals surface area contributed by atoms with Crippen molar-refractivity contribution in [1.82, 2.24) is 4.90 Å². The van der Waals surface area contributed by atoms with E-state index in [0.29, 0.717) is 6.04 Å². The fourth-order valence-electron chi connectivity index (χ4n) is 2.46. The van der Waals surface area contributed by atoms with Crippen molar-refractivity contribution in [2.45, 2.75) is 59.2 Å². The zero-order chi connectivity index (χ0) is 13.7. The van der Waals surface area contributed by atoms with Crippen LogP contribution < -0.4 is 0 Å². The molecule has 0 bridgehead atoms. The largest absolute Gasteiger partial charge is 0.387 e. The molecule has 0 spiro atoms. The van der Waals surface area contributed by atoms with Crippen LogP contribution in [0.2, 0.25) is 0 Å². The molecule has 0 saturated carbocycles. The molecule has 3 atom stereocenters. The first-order chi connectivity index (χ1) is 8.51. The molecular formula is C16H27NO. The van der Waals surface area contributed by atoms with Crippen LogP contribution in [0.1, 0.15) is 51.3 Å². The van der Waals surface area contributed by atoms with E-state index in [4.69, 9.17) is 0 Å². The number of nitrogens with zero attached hydrogens (tertiary/aromatic N) is 1. The summed E-state index contributed by atoms with van der Waals surface area (Å²) in [7, 11) is 0. The van der Waals surface area contributed by atoms with Gasteiger partial charge in [0, 0.05) is 12.1 Å². The summed E-state index contributed by atoms with van der Waals surface area (Å²) in [6.07, 6.45) is 0.693. The Balaban J connectivity index is 2.81. The Morgan fingerprint density at radius 2 is 1.67 bits per heavy atom. The van der Waals surface area contributed by atoms with Crippen molar-refractivity contribution in [1.29, 1.82) is 0 Å². The Kier molecular flexibility index (Phi) is 5.83. The van der Waals surface area contributed by atoms with Crippen molar-refractivity contribution in [2.75, 3.05) is 6.54 Å². The number of benzene rings is 1. The van der Waals surface area contributed by atoms with Gasteiger partial charge in [-0.15, -0.1) is 0 Å². The number of aliphatic hydroxyl groups is 1. The van der Waals surface area contributed by atoms with Crippen LogP contribution >= 0.6 is 0 Å². The van der Waals surface area contributed by atoms with Crippen LogP contribution in [-0.4, -0.2) is 28.6 Å². The molecule has 0 aliphatic heterocycles. The average Bonchev–Trinajstić information content (AvgIpc) is 2.39. The third kappa shape index (κ3) is 3.56. The van der Waals surface area contributed by atoms with Gasteiger partial charge < -0.3 is 5.11 Å². The summed E-state index contributed by atoms with van der Waals surface area (Å²) < 4.78 is 0. The van der Waals surface area contributed by atoms with Crippen LogP contribution in [0, 0.1) is 6.92 Å². The molecule has 1 aromatic rings. The highest BCUT2D eigenvalue weighted by atomic mass is 16.3. The third-order valence-electron chi connectivity index (χ3n) is 3.92. The molecule has 0 aliphatic carbocycles. The standard InChI is InChI=1S/C16H27NO/c1-6-13(4)17(7-2)14(5)16(18)15-10-8-12(3)9-11-15/h8-11,13-14,16,18H,6-7H2,1-5H3. The van der Waals surface area contributed by atoms with Gasteiger partial charge in [-0.1, -0.05) is 43.7 Å². The normalized spacial score (nSPS) is 16.6. The Labute approximate surface area is 112 Å². The lowest BCUT2D eigenvalue weighted by Crippen LogP contribution is -2.43. The molecule has 0 amide bonds. The van der Waals surface area contributed by atoms with E-state index in [1.807, 2.05) is 12.1 Å². The minimum atomic E-state index is -0.417. The zero-order valence-electron chi connectivity index (χ0n) is 12.4. The lowest BCUT2D eigenvalue weighted by Gasteiger charge is -2.36. The predicted molar refractivity (Wildman–Crippen MR) is 77.7 cm³/mol. The van der Waals surface area contributed by atoms with Crippen molar-refractivity contribution < 1.29 is 5.11 Å². The van der Waals surface area contributed by atoms with E-state index < -0.39 is 6.10 Å². The summed E-state index contributed by atoms with van der Waals surface area (Å²) in [6, 6.07) is 8.83. The molecule has 2 nitrogen and oxygen atoms in total. The highest BCUT2D eigenvalue weighted by Gasteiger charge is 2.24. The van der Waals surface area contributed by atoms with Crippen LogP contribution in [0.4, 0.5) is 0 Å². The number of aryl methyl sites for hydroxylation is 1. The second-order valence-electron chi connectivity index (χ2n) is 5.18. The Morgan fingerprint density at radius 1 is 1.11 bits per heavy atom. The van der Waals surface area contributed by atoms with Gasteiger partial charge in [-0.3, -0.25) is 4.90 Å². The highest BCUT2D eigenvalue weighted by molar-refractivity contribution is 5.24. The molecule has 3 unspecified atom stereocenters. The Bertz CT molecular complexity index is 347. The lowest BCUT2D eigenvalue weighted by atomic mass is 9.99. The Hall–Kier alpha value is -0.860. The van der Waals surface area contributed by atoms with Gasteiger partial charge in [0.1, 0.15) is 0 Å². The summed E-state index contributed by atoms with van der Waals surface area (Å²) in [5.41, 5.74) is 2.24. The highest BCUT2D eigenvalue weighted by Crippen LogP contribution is 2.23. The molecule has 1 aromatic carbocycles. The average molecular weight is 249 g/mol. The van der Waals surface area contributed by atoms with Gasteiger partial charge in [0.15, 0.2) is 0 Å². The molecule has 0 radical (unpaired) electrons. The third-order valence-corrected chi connectivity index (χ3v) is 3.92. The fourth-order valence-corrected chi connectivity index (χ4v) is 2.46. The monoisotopic (exact) mass is 249 g/mol. The molecule has 102 valence electrons.